The van der Waals surface area contributed by atoms with Gasteiger partial charge in [-0.2, -0.15) is 4.31 Å². The molecule has 1 aromatic carbocycles. The molecule has 2 rings (SSSR count). The molecule has 0 aliphatic carbocycles. The van der Waals surface area contributed by atoms with E-state index in [9.17, 15) is 13.2 Å². The lowest BCUT2D eigenvalue weighted by Crippen LogP contribution is -2.37. The number of ether oxygens (including phenoxy) is 1. The number of amides is 1. The first-order chi connectivity index (χ1) is 12.4. The number of nitrogens with one attached hydrogen (secondary N) is 2. The number of anilines is 1. The lowest BCUT2D eigenvalue weighted by Gasteiger charge is -2.23. The summed E-state index contributed by atoms with van der Waals surface area (Å²) in [6.07, 6.45) is 1.77. The Morgan fingerprint density at radius 1 is 1.31 bits per heavy atom. The molecule has 7 nitrogen and oxygen atoms in total. The van der Waals surface area contributed by atoms with Crippen molar-refractivity contribution in [2.24, 2.45) is 5.92 Å². The Bertz CT molecular complexity index is 711. The highest BCUT2D eigenvalue weighted by Gasteiger charge is 2.25. The number of hydrogen-bond donors (Lipinski definition) is 2. The largest absolute Gasteiger partial charge is 0.492 e. The van der Waals surface area contributed by atoms with Gasteiger partial charge in [0.05, 0.1) is 23.1 Å². The average Bonchev–Trinajstić information content (AvgIpc) is 2.64. The fraction of sp³-hybridized carbons (Fsp3) is 0.611. The molecule has 2 N–H and O–H groups in total. The topological polar surface area (TPSA) is 87.7 Å². The van der Waals surface area contributed by atoms with E-state index in [1.54, 1.807) is 19.9 Å². The van der Waals surface area contributed by atoms with Gasteiger partial charge in [0, 0.05) is 19.6 Å². The van der Waals surface area contributed by atoms with E-state index in [1.807, 2.05) is 6.92 Å². The van der Waals surface area contributed by atoms with Crippen LogP contribution in [0, 0.1) is 5.92 Å². The Balaban J connectivity index is 2.31. The highest BCUT2D eigenvalue weighted by atomic mass is 32.2. The quantitative estimate of drug-likeness (QED) is 0.717. The monoisotopic (exact) mass is 383 g/mol. The van der Waals surface area contributed by atoms with Gasteiger partial charge >= 0.3 is 0 Å². The van der Waals surface area contributed by atoms with Crippen LogP contribution in [0.25, 0.3) is 0 Å². The third-order valence-electron chi connectivity index (χ3n) is 4.52. The second kappa shape index (κ2) is 9.34. The molecular weight excluding hydrogens is 354 g/mol. The number of nitrogens with zero attached hydrogens (tertiary/aromatic N) is 1. The first-order valence-corrected chi connectivity index (χ1v) is 10.7. The van der Waals surface area contributed by atoms with E-state index < -0.39 is 10.0 Å². The van der Waals surface area contributed by atoms with Crippen molar-refractivity contribution in [3.8, 4) is 5.75 Å². The fourth-order valence-electron chi connectivity index (χ4n) is 3.07. The number of hydrogen-bond acceptors (Lipinski definition) is 5. The van der Waals surface area contributed by atoms with Gasteiger partial charge < -0.3 is 15.4 Å². The molecule has 1 fully saturated rings. The molecule has 1 aliphatic heterocycles. The van der Waals surface area contributed by atoms with Gasteiger partial charge in [0.25, 0.3) is 0 Å². The standard InChI is InChI=1S/C18H29N3O4S/c1-4-21(5-2)26(23,24)15-9-10-17(25-6-3)16(12-15)20-18(22)14-8-7-11-19-13-14/h9-10,12,14,19H,4-8,11,13H2,1-3H3,(H,20,22). The Morgan fingerprint density at radius 2 is 2.04 bits per heavy atom. The number of rotatable bonds is 8. The van der Waals surface area contributed by atoms with Gasteiger partial charge in [-0.1, -0.05) is 13.8 Å². The second-order valence-electron chi connectivity index (χ2n) is 6.21. The zero-order chi connectivity index (χ0) is 19.2. The van der Waals surface area contributed by atoms with E-state index in [1.165, 1.54) is 16.4 Å². The average molecular weight is 384 g/mol. The molecule has 26 heavy (non-hydrogen) atoms. The fourth-order valence-corrected chi connectivity index (χ4v) is 4.56. The van der Waals surface area contributed by atoms with Gasteiger partial charge in [0.15, 0.2) is 0 Å². The third kappa shape index (κ3) is 4.75. The lowest BCUT2D eigenvalue weighted by molar-refractivity contribution is -0.120. The van der Waals surface area contributed by atoms with Crippen molar-refractivity contribution in [3.63, 3.8) is 0 Å². The molecule has 1 unspecified atom stereocenters. The smallest absolute Gasteiger partial charge is 0.243 e. The van der Waals surface area contributed by atoms with Crippen LogP contribution in [0.1, 0.15) is 33.6 Å². The third-order valence-corrected chi connectivity index (χ3v) is 6.57. The van der Waals surface area contributed by atoms with Crippen molar-refractivity contribution >= 4 is 21.6 Å². The summed E-state index contributed by atoms with van der Waals surface area (Å²) in [6, 6.07) is 4.62. The molecular formula is C18H29N3O4S. The van der Waals surface area contributed by atoms with Crippen LogP contribution in [-0.4, -0.2) is 51.4 Å². The zero-order valence-electron chi connectivity index (χ0n) is 15.7. The predicted octanol–water partition coefficient (Wildman–Crippen LogP) is 2.05. The predicted molar refractivity (Wildman–Crippen MR) is 102 cm³/mol. The molecule has 1 amide bonds. The normalized spacial score (nSPS) is 17.9. The summed E-state index contributed by atoms with van der Waals surface area (Å²) in [5.74, 6) is 0.236. The number of benzene rings is 1. The van der Waals surface area contributed by atoms with Crippen LogP contribution in [0.4, 0.5) is 5.69 Å². The van der Waals surface area contributed by atoms with Crippen LogP contribution in [0.3, 0.4) is 0 Å². The Morgan fingerprint density at radius 3 is 2.62 bits per heavy atom. The molecule has 1 aliphatic rings. The zero-order valence-corrected chi connectivity index (χ0v) is 16.6. The molecule has 0 saturated carbocycles. The number of carbonyl (C=O) groups is 1. The van der Waals surface area contributed by atoms with Crippen LogP contribution in [0.2, 0.25) is 0 Å². The minimum absolute atomic E-state index is 0.115. The second-order valence-corrected chi connectivity index (χ2v) is 8.15. The van der Waals surface area contributed by atoms with Crippen molar-refractivity contribution in [1.29, 1.82) is 0 Å². The Labute approximate surface area is 156 Å². The summed E-state index contributed by atoms with van der Waals surface area (Å²) in [5, 5.41) is 6.08. The lowest BCUT2D eigenvalue weighted by atomic mass is 9.99. The maximum atomic E-state index is 12.8. The molecule has 1 aromatic rings. The molecule has 0 spiro atoms. The van der Waals surface area contributed by atoms with Crippen LogP contribution >= 0.6 is 0 Å². The van der Waals surface area contributed by atoms with Crippen molar-refractivity contribution < 1.29 is 17.9 Å². The van der Waals surface area contributed by atoms with E-state index in [-0.39, 0.29) is 16.7 Å². The van der Waals surface area contributed by atoms with Crippen molar-refractivity contribution in [3.05, 3.63) is 18.2 Å². The summed E-state index contributed by atoms with van der Waals surface area (Å²) in [7, 11) is -3.60. The van der Waals surface area contributed by atoms with E-state index in [2.05, 4.69) is 10.6 Å². The van der Waals surface area contributed by atoms with Crippen LogP contribution < -0.4 is 15.4 Å². The summed E-state index contributed by atoms with van der Waals surface area (Å²) in [4.78, 5) is 12.7. The van der Waals surface area contributed by atoms with Crippen molar-refractivity contribution in [2.75, 3.05) is 38.1 Å². The first kappa shape index (κ1) is 20.7. The van der Waals surface area contributed by atoms with Crippen LogP contribution in [-0.2, 0) is 14.8 Å². The summed E-state index contributed by atoms with van der Waals surface area (Å²) in [6.45, 7) is 8.21. The molecule has 0 bridgehead atoms. The molecule has 1 heterocycles. The molecule has 8 heteroatoms. The van der Waals surface area contributed by atoms with Gasteiger partial charge in [0.2, 0.25) is 15.9 Å². The minimum atomic E-state index is -3.60. The summed E-state index contributed by atoms with van der Waals surface area (Å²) < 4.78 is 32.5. The number of sulfonamides is 1. The Hall–Kier alpha value is -1.64. The molecule has 146 valence electrons. The van der Waals surface area contributed by atoms with E-state index in [4.69, 9.17) is 4.74 Å². The highest BCUT2D eigenvalue weighted by molar-refractivity contribution is 7.89. The van der Waals surface area contributed by atoms with Gasteiger partial charge in [-0.25, -0.2) is 8.42 Å². The molecule has 0 aromatic heterocycles. The van der Waals surface area contributed by atoms with Crippen molar-refractivity contribution in [2.45, 2.75) is 38.5 Å². The SMILES string of the molecule is CCOc1ccc(S(=O)(=O)N(CC)CC)cc1NC(=O)C1CCCNC1. The van der Waals surface area contributed by atoms with Crippen LogP contribution in [0.15, 0.2) is 23.1 Å². The maximum absolute atomic E-state index is 12.8. The van der Waals surface area contributed by atoms with E-state index in [0.717, 1.165) is 19.4 Å². The van der Waals surface area contributed by atoms with Gasteiger partial charge in [0.1, 0.15) is 5.75 Å². The van der Waals surface area contributed by atoms with Crippen molar-refractivity contribution in [1.82, 2.24) is 9.62 Å². The van der Waals surface area contributed by atoms with E-state index in [0.29, 0.717) is 37.7 Å². The minimum Gasteiger partial charge on any atom is -0.492 e. The molecule has 0 radical (unpaired) electrons. The number of carbonyl (C=O) groups excluding carboxylic acids is 1. The first-order valence-electron chi connectivity index (χ1n) is 9.22. The number of piperidine rings is 1. The molecule has 1 saturated heterocycles. The molecule has 1 atom stereocenters. The summed E-state index contributed by atoms with van der Waals surface area (Å²) >= 11 is 0. The highest BCUT2D eigenvalue weighted by Crippen LogP contribution is 2.30. The Kier molecular flexibility index (Phi) is 7.43. The van der Waals surface area contributed by atoms with Crippen LogP contribution in [0.5, 0.6) is 5.75 Å². The van der Waals surface area contributed by atoms with Gasteiger partial charge in [-0.05, 0) is 44.5 Å². The van der Waals surface area contributed by atoms with Gasteiger partial charge in [-0.3, -0.25) is 4.79 Å². The maximum Gasteiger partial charge on any atom is 0.243 e. The van der Waals surface area contributed by atoms with Gasteiger partial charge in [-0.15, -0.1) is 0 Å². The summed E-state index contributed by atoms with van der Waals surface area (Å²) in [5.41, 5.74) is 0.399. The van der Waals surface area contributed by atoms with E-state index >= 15 is 0 Å².